The van der Waals surface area contributed by atoms with Crippen LogP contribution in [0.3, 0.4) is 0 Å². The number of thiol groups is 1. The van der Waals surface area contributed by atoms with Gasteiger partial charge in [-0.3, -0.25) is 4.79 Å². The largest absolute Gasteiger partial charge is 0.356 e. The molecule has 1 aromatic rings. The van der Waals surface area contributed by atoms with Crippen molar-refractivity contribution in [1.82, 2.24) is 5.32 Å². The highest BCUT2D eigenvalue weighted by Gasteiger charge is 2.02. The molecule has 0 aromatic heterocycles. The molecule has 1 aromatic carbocycles. The van der Waals surface area contributed by atoms with Crippen LogP contribution in [0.25, 0.3) is 0 Å². The van der Waals surface area contributed by atoms with E-state index in [9.17, 15) is 4.79 Å². The standard InChI is InChI=1S/C16H25IN2OS/c17-14-9-7-13(8-10-14)4-3-6-16(20)19-11-2-1-5-15(18)12-21/h7-10,15,21H,1-6,11-12,18H2,(H,19,20). The van der Waals surface area contributed by atoms with Crippen molar-refractivity contribution in [3.05, 3.63) is 33.4 Å². The van der Waals surface area contributed by atoms with Gasteiger partial charge in [0, 0.05) is 28.3 Å². The number of hydrogen-bond acceptors (Lipinski definition) is 3. The SMILES string of the molecule is NC(CS)CCCCNC(=O)CCCc1ccc(I)cc1. The lowest BCUT2D eigenvalue weighted by molar-refractivity contribution is -0.121. The molecule has 0 aliphatic heterocycles. The van der Waals surface area contributed by atoms with Crippen LogP contribution in [-0.4, -0.2) is 24.2 Å². The first-order valence-corrected chi connectivity index (χ1v) is 9.20. The number of rotatable bonds is 10. The maximum absolute atomic E-state index is 11.7. The summed E-state index contributed by atoms with van der Waals surface area (Å²) in [5, 5.41) is 2.97. The van der Waals surface area contributed by atoms with Crippen LogP contribution in [0, 0.1) is 3.57 Å². The van der Waals surface area contributed by atoms with Crippen LogP contribution >= 0.6 is 35.2 Å². The molecule has 0 fully saturated rings. The van der Waals surface area contributed by atoms with Gasteiger partial charge in [0.2, 0.25) is 5.91 Å². The number of nitrogens with one attached hydrogen (secondary N) is 1. The average molecular weight is 420 g/mol. The molecule has 5 heteroatoms. The zero-order valence-electron chi connectivity index (χ0n) is 12.4. The smallest absolute Gasteiger partial charge is 0.220 e. The van der Waals surface area contributed by atoms with E-state index < -0.39 is 0 Å². The first-order chi connectivity index (χ1) is 10.1. The van der Waals surface area contributed by atoms with Crippen LogP contribution in [0.1, 0.15) is 37.7 Å². The number of carbonyl (C=O) groups excluding carboxylic acids is 1. The zero-order valence-corrected chi connectivity index (χ0v) is 15.4. The van der Waals surface area contributed by atoms with Gasteiger partial charge in [-0.15, -0.1) is 0 Å². The first kappa shape index (κ1) is 18.8. The number of unbranched alkanes of at least 4 members (excludes halogenated alkanes) is 1. The van der Waals surface area contributed by atoms with Gasteiger partial charge in [0.15, 0.2) is 0 Å². The van der Waals surface area contributed by atoms with E-state index in [4.69, 9.17) is 5.73 Å². The van der Waals surface area contributed by atoms with Crippen LogP contribution in [0.2, 0.25) is 0 Å². The van der Waals surface area contributed by atoms with Gasteiger partial charge >= 0.3 is 0 Å². The number of carbonyl (C=O) groups is 1. The summed E-state index contributed by atoms with van der Waals surface area (Å²) in [5.74, 6) is 0.879. The Morgan fingerprint density at radius 3 is 2.62 bits per heavy atom. The topological polar surface area (TPSA) is 55.1 Å². The van der Waals surface area contributed by atoms with E-state index in [-0.39, 0.29) is 11.9 Å². The van der Waals surface area contributed by atoms with Crippen LogP contribution in [0.5, 0.6) is 0 Å². The van der Waals surface area contributed by atoms with Crippen molar-refractivity contribution in [2.45, 2.75) is 44.6 Å². The van der Waals surface area contributed by atoms with Crippen LogP contribution < -0.4 is 11.1 Å². The number of amides is 1. The fourth-order valence-corrected chi connectivity index (χ4v) is 2.59. The second-order valence-electron chi connectivity index (χ2n) is 5.27. The summed E-state index contributed by atoms with van der Waals surface area (Å²) < 4.78 is 1.24. The summed E-state index contributed by atoms with van der Waals surface area (Å²) in [7, 11) is 0. The van der Waals surface area contributed by atoms with Gasteiger partial charge in [-0.2, -0.15) is 12.6 Å². The summed E-state index contributed by atoms with van der Waals surface area (Å²) in [5.41, 5.74) is 7.08. The Labute approximate surface area is 147 Å². The third-order valence-electron chi connectivity index (χ3n) is 3.34. The van der Waals surface area contributed by atoms with Crippen molar-refractivity contribution in [3.63, 3.8) is 0 Å². The monoisotopic (exact) mass is 420 g/mol. The average Bonchev–Trinajstić information content (AvgIpc) is 2.48. The lowest BCUT2D eigenvalue weighted by atomic mass is 10.1. The predicted molar refractivity (Wildman–Crippen MR) is 101 cm³/mol. The van der Waals surface area contributed by atoms with Crippen molar-refractivity contribution >= 4 is 41.1 Å². The maximum atomic E-state index is 11.7. The minimum atomic E-state index is 0.152. The molecule has 21 heavy (non-hydrogen) atoms. The maximum Gasteiger partial charge on any atom is 0.220 e. The quantitative estimate of drug-likeness (QED) is 0.310. The Hall–Kier alpha value is -0.270. The molecule has 0 spiro atoms. The van der Waals surface area contributed by atoms with Crippen molar-refractivity contribution in [1.29, 1.82) is 0 Å². The van der Waals surface area contributed by atoms with Crippen LogP contribution in [0.4, 0.5) is 0 Å². The number of benzene rings is 1. The molecule has 0 heterocycles. The molecule has 1 unspecified atom stereocenters. The Morgan fingerprint density at radius 2 is 1.95 bits per heavy atom. The molecule has 3 nitrogen and oxygen atoms in total. The molecule has 1 rings (SSSR count). The van der Waals surface area contributed by atoms with Gasteiger partial charge < -0.3 is 11.1 Å². The minimum absolute atomic E-state index is 0.152. The highest BCUT2D eigenvalue weighted by molar-refractivity contribution is 14.1. The van der Waals surface area contributed by atoms with E-state index in [1.807, 2.05) is 0 Å². The fourth-order valence-electron chi connectivity index (χ4n) is 2.04. The molecule has 0 aliphatic rings. The third kappa shape index (κ3) is 9.37. The molecule has 118 valence electrons. The Kier molecular flexibility index (Phi) is 10.1. The zero-order chi connectivity index (χ0) is 15.5. The molecular formula is C16H25IN2OS. The van der Waals surface area contributed by atoms with Crippen molar-refractivity contribution in [2.75, 3.05) is 12.3 Å². The van der Waals surface area contributed by atoms with E-state index in [2.05, 4.69) is 64.8 Å². The van der Waals surface area contributed by atoms with Gasteiger partial charge in [0.05, 0.1) is 0 Å². The number of hydrogen-bond donors (Lipinski definition) is 3. The number of nitrogens with two attached hydrogens (primary N) is 1. The lowest BCUT2D eigenvalue weighted by Gasteiger charge is -2.08. The Morgan fingerprint density at radius 1 is 1.24 bits per heavy atom. The number of halogens is 1. The Bertz CT molecular complexity index is 411. The summed E-state index contributed by atoms with van der Waals surface area (Å²) in [6.45, 7) is 0.752. The summed E-state index contributed by atoms with van der Waals surface area (Å²) in [6.07, 6.45) is 5.47. The molecule has 3 N–H and O–H groups in total. The fraction of sp³-hybridized carbons (Fsp3) is 0.562. The van der Waals surface area contributed by atoms with E-state index in [0.29, 0.717) is 6.42 Å². The van der Waals surface area contributed by atoms with E-state index in [1.54, 1.807) is 0 Å². The van der Waals surface area contributed by atoms with Crippen molar-refractivity contribution in [3.8, 4) is 0 Å². The third-order valence-corrected chi connectivity index (χ3v) is 4.53. The summed E-state index contributed by atoms with van der Waals surface area (Å²) in [4.78, 5) is 11.7. The van der Waals surface area contributed by atoms with Gasteiger partial charge in [0.25, 0.3) is 0 Å². The normalized spacial score (nSPS) is 12.1. The second kappa shape index (κ2) is 11.3. The van der Waals surface area contributed by atoms with Crippen molar-refractivity contribution in [2.24, 2.45) is 5.73 Å². The van der Waals surface area contributed by atoms with Gasteiger partial charge in [-0.05, 0) is 66.0 Å². The molecule has 1 amide bonds. The number of aryl methyl sites for hydroxylation is 1. The van der Waals surface area contributed by atoms with Crippen LogP contribution in [0.15, 0.2) is 24.3 Å². The van der Waals surface area contributed by atoms with Crippen LogP contribution in [-0.2, 0) is 11.2 Å². The van der Waals surface area contributed by atoms with E-state index in [1.165, 1.54) is 9.13 Å². The highest BCUT2D eigenvalue weighted by Crippen LogP contribution is 2.09. The molecule has 1 atom stereocenters. The van der Waals surface area contributed by atoms with E-state index >= 15 is 0 Å². The van der Waals surface area contributed by atoms with Crippen molar-refractivity contribution < 1.29 is 4.79 Å². The lowest BCUT2D eigenvalue weighted by Crippen LogP contribution is -2.25. The van der Waals surface area contributed by atoms with Gasteiger partial charge in [-0.1, -0.05) is 18.6 Å². The van der Waals surface area contributed by atoms with E-state index in [0.717, 1.165) is 44.4 Å². The van der Waals surface area contributed by atoms with Gasteiger partial charge in [0.1, 0.15) is 0 Å². The summed E-state index contributed by atoms with van der Waals surface area (Å²) in [6, 6.07) is 8.64. The minimum Gasteiger partial charge on any atom is -0.356 e. The predicted octanol–water partition coefficient (Wildman–Crippen LogP) is 3.16. The summed E-state index contributed by atoms with van der Waals surface area (Å²) >= 11 is 6.45. The molecule has 0 bridgehead atoms. The highest BCUT2D eigenvalue weighted by atomic mass is 127. The molecule has 0 saturated carbocycles. The molecular weight excluding hydrogens is 395 g/mol. The molecule has 0 radical (unpaired) electrons. The Balaban J connectivity index is 2.02. The first-order valence-electron chi connectivity index (χ1n) is 7.49. The van der Waals surface area contributed by atoms with Gasteiger partial charge in [-0.25, -0.2) is 0 Å². The second-order valence-corrected chi connectivity index (χ2v) is 6.88. The molecule has 0 saturated heterocycles. The molecule has 0 aliphatic carbocycles.